The minimum absolute atomic E-state index is 0.0173. The van der Waals surface area contributed by atoms with Crippen LogP contribution in [-0.2, 0) is 11.3 Å². The number of amides is 1. The number of hydrogen-bond acceptors (Lipinski definition) is 4. The van der Waals surface area contributed by atoms with Crippen molar-refractivity contribution >= 4 is 5.91 Å². The van der Waals surface area contributed by atoms with E-state index >= 15 is 0 Å². The van der Waals surface area contributed by atoms with Gasteiger partial charge in [0.2, 0.25) is 5.91 Å². The van der Waals surface area contributed by atoms with Crippen LogP contribution in [-0.4, -0.2) is 44.1 Å². The smallest absolute Gasteiger partial charge is 0.224 e. The monoisotopic (exact) mass is 293 g/mol. The molecule has 5 heteroatoms. The molecule has 0 aromatic heterocycles. The third kappa shape index (κ3) is 6.60. The maximum Gasteiger partial charge on any atom is 0.224 e. The molecule has 0 fully saturated rings. The van der Waals surface area contributed by atoms with Crippen molar-refractivity contribution in [2.45, 2.75) is 26.4 Å². The van der Waals surface area contributed by atoms with Crippen LogP contribution in [0.2, 0.25) is 0 Å². The van der Waals surface area contributed by atoms with Crippen LogP contribution in [0.5, 0.6) is 5.75 Å². The highest BCUT2D eigenvalue weighted by atomic mass is 16.5. The summed E-state index contributed by atoms with van der Waals surface area (Å²) in [5.74, 6) is 0.644. The normalized spacial score (nSPS) is 13.8. The summed E-state index contributed by atoms with van der Waals surface area (Å²) in [6.45, 7) is 5.72. The first-order valence-electron chi connectivity index (χ1n) is 7.30. The summed E-state index contributed by atoms with van der Waals surface area (Å²) in [6.07, 6.45) is 0. The van der Waals surface area contributed by atoms with E-state index < -0.39 is 0 Å². The molecule has 0 radical (unpaired) electrons. The number of hydrogen-bond donors (Lipinski definition) is 2. The second kappa shape index (κ2) is 8.64. The van der Waals surface area contributed by atoms with Crippen molar-refractivity contribution in [1.82, 2.24) is 10.2 Å². The number of carbonyl (C=O) groups is 1. The molecule has 1 rings (SSSR count). The van der Waals surface area contributed by atoms with Crippen LogP contribution in [0, 0.1) is 5.92 Å². The Morgan fingerprint density at radius 1 is 1.29 bits per heavy atom. The summed E-state index contributed by atoms with van der Waals surface area (Å²) in [5, 5.41) is 2.89. The second-order valence-corrected chi connectivity index (χ2v) is 5.66. The number of carbonyl (C=O) groups excluding carboxylic acids is 1. The Labute approximate surface area is 127 Å². The molecule has 0 aliphatic carbocycles. The highest BCUT2D eigenvalue weighted by Gasteiger charge is 2.16. The van der Waals surface area contributed by atoms with Crippen LogP contribution in [0.3, 0.4) is 0 Å². The van der Waals surface area contributed by atoms with Gasteiger partial charge in [0.15, 0.2) is 0 Å². The van der Waals surface area contributed by atoms with Gasteiger partial charge in [-0.3, -0.25) is 4.79 Å². The van der Waals surface area contributed by atoms with Gasteiger partial charge in [-0.15, -0.1) is 0 Å². The van der Waals surface area contributed by atoms with Gasteiger partial charge in [0.25, 0.3) is 0 Å². The van der Waals surface area contributed by atoms with Crippen LogP contribution in [0.1, 0.15) is 19.4 Å². The number of rotatable bonds is 8. The van der Waals surface area contributed by atoms with E-state index in [1.165, 1.54) is 0 Å². The first-order chi connectivity index (χ1) is 9.90. The summed E-state index contributed by atoms with van der Waals surface area (Å²) in [5.41, 5.74) is 6.75. The number of nitrogens with one attached hydrogen (secondary N) is 1. The second-order valence-electron chi connectivity index (χ2n) is 5.66. The molecular weight excluding hydrogens is 266 g/mol. The fraction of sp³-hybridized carbons (Fsp3) is 0.562. The first kappa shape index (κ1) is 17.5. The maximum absolute atomic E-state index is 11.8. The summed E-state index contributed by atoms with van der Waals surface area (Å²) < 4.78 is 5.62. The van der Waals surface area contributed by atoms with Gasteiger partial charge in [-0.25, -0.2) is 0 Å². The highest BCUT2D eigenvalue weighted by Crippen LogP contribution is 2.12. The van der Waals surface area contributed by atoms with Crippen LogP contribution >= 0.6 is 0 Å². The zero-order valence-corrected chi connectivity index (χ0v) is 13.4. The zero-order chi connectivity index (χ0) is 15.8. The predicted molar refractivity (Wildman–Crippen MR) is 85.2 cm³/mol. The molecule has 0 saturated heterocycles. The van der Waals surface area contributed by atoms with E-state index in [4.69, 9.17) is 10.5 Å². The lowest BCUT2D eigenvalue weighted by Crippen LogP contribution is -2.38. The topological polar surface area (TPSA) is 67.6 Å². The van der Waals surface area contributed by atoms with Gasteiger partial charge in [-0.1, -0.05) is 19.1 Å². The predicted octanol–water partition coefficient (Wildman–Crippen LogP) is 1.23. The third-order valence-corrected chi connectivity index (χ3v) is 3.40. The fourth-order valence-corrected chi connectivity index (χ4v) is 1.64. The molecule has 1 aromatic carbocycles. The van der Waals surface area contributed by atoms with Crippen molar-refractivity contribution in [1.29, 1.82) is 0 Å². The molecule has 118 valence electrons. The van der Waals surface area contributed by atoms with E-state index in [-0.39, 0.29) is 17.9 Å². The lowest BCUT2D eigenvalue weighted by molar-refractivity contribution is -0.125. The maximum atomic E-state index is 11.8. The minimum Gasteiger partial charge on any atom is -0.492 e. The van der Waals surface area contributed by atoms with E-state index in [0.29, 0.717) is 13.2 Å². The van der Waals surface area contributed by atoms with E-state index in [0.717, 1.165) is 17.9 Å². The molecule has 1 amide bonds. The lowest BCUT2D eigenvalue weighted by Gasteiger charge is -2.15. The molecule has 0 heterocycles. The summed E-state index contributed by atoms with van der Waals surface area (Å²) in [7, 11) is 4.02. The van der Waals surface area contributed by atoms with Crippen molar-refractivity contribution < 1.29 is 9.53 Å². The van der Waals surface area contributed by atoms with Crippen LogP contribution < -0.4 is 15.8 Å². The van der Waals surface area contributed by atoms with Crippen LogP contribution in [0.4, 0.5) is 0 Å². The largest absolute Gasteiger partial charge is 0.492 e. The van der Waals surface area contributed by atoms with Crippen molar-refractivity contribution in [3.8, 4) is 5.75 Å². The Morgan fingerprint density at radius 2 is 1.90 bits per heavy atom. The molecule has 5 nitrogen and oxygen atoms in total. The average molecular weight is 293 g/mol. The molecule has 2 unspecified atom stereocenters. The van der Waals surface area contributed by atoms with Crippen LogP contribution in [0.15, 0.2) is 24.3 Å². The molecule has 0 aliphatic rings. The summed E-state index contributed by atoms with van der Waals surface area (Å²) >= 11 is 0. The summed E-state index contributed by atoms with van der Waals surface area (Å²) in [4.78, 5) is 13.9. The Balaban J connectivity index is 2.39. The molecule has 0 spiro atoms. The van der Waals surface area contributed by atoms with Gasteiger partial charge in [-0.2, -0.15) is 0 Å². The quantitative estimate of drug-likeness (QED) is 0.756. The molecular formula is C16H27N3O2. The Kier molecular flexibility index (Phi) is 7.19. The van der Waals surface area contributed by atoms with Gasteiger partial charge in [0.1, 0.15) is 12.4 Å². The van der Waals surface area contributed by atoms with Crippen molar-refractivity contribution in [2.24, 2.45) is 11.7 Å². The van der Waals surface area contributed by atoms with Gasteiger partial charge >= 0.3 is 0 Å². The molecule has 0 aliphatic heterocycles. The van der Waals surface area contributed by atoms with Crippen molar-refractivity contribution in [3.63, 3.8) is 0 Å². The fourth-order valence-electron chi connectivity index (χ4n) is 1.64. The van der Waals surface area contributed by atoms with Gasteiger partial charge in [0, 0.05) is 25.0 Å². The van der Waals surface area contributed by atoms with E-state index in [1.807, 2.05) is 52.2 Å². The molecule has 2 atom stereocenters. The number of benzene rings is 1. The van der Waals surface area contributed by atoms with Crippen molar-refractivity contribution in [2.75, 3.05) is 27.2 Å². The van der Waals surface area contributed by atoms with E-state index in [2.05, 4.69) is 10.2 Å². The summed E-state index contributed by atoms with van der Waals surface area (Å²) in [6, 6.07) is 7.62. The molecule has 1 aromatic rings. The molecule has 0 saturated carbocycles. The van der Waals surface area contributed by atoms with Gasteiger partial charge < -0.3 is 20.7 Å². The minimum atomic E-state index is -0.182. The molecule has 21 heavy (non-hydrogen) atoms. The number of nitrogens with two attached hydrogens (primary N) is 1. The van der Waals surface area contributed by atoms with Gasteiger partial charge in [-0.05, 0) is 38.7 Å². The lowest BCUT2D eigenvalue weighted by atomic mass is 10.0. The Bertz CT molecular complexity index is 430. The Hall–Kier alpha value is -1.59. The molecule has 0 bridgehead atoms. The standard InChI is InChI=1S/C16H27N3O2/c1-12(13(2)17)16(20)18-11-14-5-7-15(8-6-14)21-10-9-19(3)4/h5-8,12-13H,9-11,17H2,1-4H3,(H,18,20). The van der Waals surface area contributed by atoms with E-state index in [1.54, 1.807) is 0 Å². The van der Waals surface area contributed by atoms with Crippen LogP contribution in [0.25, 0.3) is 0 Å². The highest BCUT2D eigenvalue weighted by molar-refractivity contribution is 5.78. The number of ether oxygens (including phenoxy) is 1. The Morgan fingerprint density at radius 3 is 2.43 bits per heavy atom. The molecule has 3 N–H and O–H groups in total. The SMILES string of the molecule is CC(N)C(C)C(=O)NCc1ccc(OCCN(C)C)cc1. The first-order valence-corrected chi connectivity index (χ1v) is 7.30. The number of likely N-dealkylation sites (N-methyl/N-ethyl adjacent to an activating group) is 1. The average Bonchev–Trinajstić information content (AvgIpc) is 2.44. The zero-order valence-electron chi connectivity index (χ0n) is 13.4. The van der Waals surface area contributed by atoms with Crippen molar-refractivity contribution in [3.05, 3.63) is 29.8 Å². The van der Waals surface area contributed by atoms with Gasteiger partial charge in [0.05, 0.1) is 0 Å². The van der Waals surface area contributed by atoms with E-state index in [9.17, 15) is 4.79 Å². The number of nitrogens with zero attached hydrogens (tertiary/aromatic N) is 1. The third-order valence-electron chi connectivity index (χ3n) is 3.40.